The second kappa shape index (κ2) is 21.0. The Kier molecular flexibility index (Phi) is 15.1. The molecule has 0 saturated carbocycles. The minimum absolute atomic E-state index is 0. The first kappa shape index (κ1) is 43.9. The minimum atomic E-state index is -1.36. The van der Waals surface area contributed by atoms with Crippen molar-refractivity contribution in [1.82, 2.24) is 10.6 Å². The molecule has 300 valence electrons. The molecule has 2 atom stereocenters. The zero-order valence-corrected chi connectivity index (χ0v) is 35.0. The Morgan fingerprint density at radius 2 is 0.623 bits per heavy atom. The number of rotatable bonds is 12. The van der Waals surface area contributed by atoms with Gasteiger partial charge in [0.2, 0.25) is 0 Å². The molecule has 0 amide bonds. The van der Waals surface area contributed by atoms with Gasteiger partial charge in [0.15, 0.2) is 11.6 Å². The monoisotopic (exact) mass is 834 g/mol. The van der Waals surface area contributed by atoms with Crippen LogP contribution < -0.4 is 10.6 Å². The molecule has 0 radical (unpaired) electrons. The Balaban J connectivity index is 0.000000201. The van der Waals surface area contributed by atoms with Gasteiger partial charge in [0.05, 0.1) is 12.1 Å². The van der Waals surface area contributed by atoms with Crippen molar-refractivity contribution < 1.29 is 41.5 Å². The van der Waals surface area contributed by atoms with Crippen LogP contribution in [0.4, 0.5) is 0 Å². The molecule has 0 aliphatic heterocycles. The van der Waals surface area contributed by atoms with E-state index in [1.807, 2.05) is 194 Å². The van der Waals surface area contributed by atoms with E-state index in [9.17, 15) is 19.8 Å². The largest absolute Gasteiger partial charge is 0.380 e. The molecule has 8 rings (SSSR count). The molecule has 7 heteroatoms. The maximum Gasteiger partial charge on any atom is 0.187 e. The molecule has 0 spiro atoms. The van der Waals surface area contributed by atoms with E-state index in [0.717, 1.165) is 33.4 Å². The molecule has 0 aromatic heterocycles. The predicted octanol–water partition coefficient (Wildman–Crippen LogP) is 9.66. The SMILES string of the molecule is O=C1C=CC=C/C1=C/N[C@H](c1ccccc1)C(O)(c1ccccc1)c1ccccc1.O=C1C=CC=C/C1=C/N[C@H](c1ccccc1)C(O)(c1ccccc1)c1ccccc1.[Ti]. The van der Waals surface area contributed by atoms with Gasteiger partial charge in [-0.3, -0.25) is 9.59 Å². The molecule has 0 fully saturated rings. The van der Waals surface area contributed by atoms with E-state index in [1.165, 1.54) is 12.2 Å². The Hall–Kier alpha value is -6.67. The van der Waals surface area contributed by atoms with Gasteiger partial charge in [-0.2, -0.15) is 0 Å². The molecule has 6 aromatic rings. The molecule has 2 aliphatic carbocycles. The molecular formula is C54H46N2O4Ti. The number of nitrogens with one attached hydrogen (secondary N) is 2. The van der Waals surface area contributed by atoms with Crippen molar-refractivity contribution in [3.63, 3.8) is 0 Å². The van der Waals surface area contributed by atoms with Crippen LogP contribution in [0, 0.1) is 0 Å². The zero-order chi connectivity index (χ0) is 41.6. The number of hydrogen-bond acceptors (Lipinski definition) is 6. The molecule has 0 heterocycles. The topological polar surface area (TPSA) is 98.7 Å². The van der Waals surface area contributed by atoms with Crippen molar-refractivity contribution in [1.29, 1.82) is 0 Å². The fourth-order valence-corrected chi connectivity index (χ4v) is 7.52. The molecule has 4 N–H and O–H groups in total. The first-order valence-electron chi connectivity index (χ1n) is 19.9. The second-order valence-electron chi connectivity index (χ2n) is 14.4. The van der Waals surface area contributed by atoms with Gasteiger partial charge in [0.25, 0.3) is 0 Å². The van der Waals surface area contributed by atoms with Crippen LogP contribution in [-0.4, -0.2) is 21.8 Å². The van der Waals surface area contributed by atoms with Crippen LogP contribution in [0.5, 0.6) is 0 Å². The predicted molar refractivity (Wildman–Crippen MR) is 239 cm³/mol. The zero-order valence-electron chi connectivity index (χ0n) is 33.5. The Labute approximate surface area is 372 Å². The minimum Gasteiger partial charge on any atom is -0.380 e. The van der Waals surface area contributed by atoms with Crippen molar-refractivity contribution in [2.45, 2.75) is 23.3 Å². The van der Waals surface area contributed by atoms with Gasteiger partial charge in [0, 0.05) is 45.3 Å². The van der Waals surface area contributed by atoms with E-state index < -0.39 is 23.3 Å². The fourth-order valence-electron chi connectivity index (χ4n) is 7.52. The normalized spacial score (nSPS) is 15.6. The average molecular weight is 835 g/mol. The van der Waals surface area contributed by atoms with Gasteiger partial charge in [-0.05, 0) is 57.7 Å². The molecule has 6 nitrogen and oxygen atoms in total. The fraction of sp³-hybridized carbons (Fsp3) is 0.0741. The maximum absolute atomic E-state index is 12.3. The molecule has 0 saturated heterocycles. The smallest absolute Gasteiger partial charge is 0.187 e. The van der Waals surface area contributed by atoms with Gasteiger partial charge in [-0.15, -0.1) is 0 Å². The van der Waals surface area contributed by atoms with Crippen LogP contribution in [0.15, 0.2) is 254 Å². The van der Waals surface area contributed by atoms with Crippen molar-refractivity contribution in [2.75, 3.05) is 0 Å². The van der Waals surface area contributed by atoms with Gasteiger partial charge in [-0.1, -0.05) is 206 Å². The third-order valence-corrected chi connectivity index (χ3v) is 10.6. The average Bonchev–Trinajstić information content (AvgIpc) is 3.32. The van der Waals surface area contributed by atoms with E-state index in [1.54, 1.807) is 36.7 Å². The summed E-state index contributed by atoms with van der Waals surface area (Å²) in [6.45, 7) is 0. The van der Waals surface area contributed by atoms with E-state index in [4.69, 9.17) is 0 Å². The third-order valence-electron chi connectivity index (χ3n) is 10.6. The van der Waals surface area contributed by atoms with Crippen LogP contribution in [0.2, 0.25) is 0 Å². The van der Waals surface area contributed by atoms with Gasteiger partial charge in [-0.25, -0.2) is 0 Å². The van der Waals surface area contributed by atoms with Crippen LogP contribution in [0.3, 0.4) is 0 Å². The summed E-state index contributed by atoms with van der Waals surface area (Å²) in [5.41, 5.74) is 3.24. The standard InChI is InChI=1S/2C27H23NO2.Ti/c2*29-25-19-11-10-14-22(25)20-28-26(21-12-4-1-5-13-21)27(30,23-15-6-2-7-16-23)24-17-8-3-9-18-24;/h2*1-20,26,28,30H;/b2*22-20-;/t2*26-;/m11./s1. The number of benzene rings is 6. The van der Waals surface area contributed by atoms with E-state index in [0.29, 0.717) is 11.1 Å². The summed E-state index contributed by atoms with van der Waals surface area (Å²) in [5.74, 6) is -0.139. The summed E-state index contributed by atoms with van der Waals surface area (Å²) in [6, 6.07) is 57.0. The van der Waals surface area contributed by atoms with Crippen LogP contribution in [0.25, 0.3) is 0 Å². The summed E-state index contributed by atoms with van der Waals surface area (Å²) in [6.07, 6.45) is 17.1. The Morgan fingerprint density at radius 1 is 0.377 bits per heavy atom. The van der Waals surface area contributed by atoms with Crippen LogP contribution >= 0.6 is 0 Å². The van der Waals surface area contributed by atoms with Gasteiger partial charge < -0.3 is 20.8 Å². The van der Waals surface area contributed by atoms with Crippen LogP contribution in [-0.2, 0) is 42.5 Å². The first-order valence-corrected chi connectivity index (χ1v) is 19.9. The number of aliphatic hydroxyl groups is 2. The van der Waals surface area contributed by atoms with Gasteiger partial charge >= 0.3 is 0 Å². The second-order valence-corrected chi connectivity index (χ2v) is 14.4. The molecule has 61 heavy (non-hydrogen) atoms. The number of ketones is 2. The maximum atomic E-state index is 12.3. The van der Waals surface area contributed by atoms with Crippen molar-refractivity contribution in [3.05, 3.63) is 288 Å². The van der Waals surface area contributed by atoms with E-state index >= 15 is 0 Å². The van der Waals surface area contributed by atoms with Crippen LogP contribution in [0.1, 0.15) is 45.5 Å². The Bertz CT molecular complexity index is 2280. The summed E-state index contributed by atoms with van der Waals surface area (Å²) < 4.78 is 0. The number of carbonyl (C=O) groups excluding carboxylic acids is 2. The molecular weight excluding hydrogens is 788 g/mol. The Morgan fingerprint density at radius 3 is 0.885 bits per heavy atom. The summed E-state index contributed by atoms with van der Waals surface area (Å²) >= 11 is 0. The molecule has 0 unspecified atom stereocenters. The number of hydrogen-bond donors (Lipinski definition) is 4. The quantitative estimate of drug-likeness (QED) is 0.0725. The van der Waals surface area contributed by atoms with Crippen molar-refractivity contribution >= 4 is 11.6 Å². The third kappa shape index (κ3) is 10.2. The first-order chi connectivity index (χ1) is 29.4. The molecule has 2 aliphatic rings. The van der Waals surface area contributed by atoms with E-state index in [2.05, 4.69) is 10.6 Å². The summed E-state index contributed by atoms with van der Waals surface area (Å²) in [7, 11) is 0. The number of allylic oxidation sites excluding steroid dienone is 10. The van der Waals surface area contributed by atoms with Gasteiger partial charge in [0.1, 0.15) is 11.2 Å². The number of carbonyl (C=O) groups is 2. The van der Waals surface area contributed by atoms with E-state index in [-0.39, 0.29) is 33.3 Å². The van der Waals surface area contributed by atoms with Crippen molar-refractivity contribution in [2.24, 2.45) is 0 Å². The molecule has 6 aromatic carbocycles. The summed E-state index contributed by atoms with van der Waals surface area (Å²) in [5, 5.41) is 31.2. The molecule has 0 bridgehead atoms. The summed E-state index contributed by atoms with van der Waals surface area (Å²) in [4.78, 5) is 24.4. The van der Waals surface area contributed by atoms with Crippen molar-refractivity contribution in [3.8, 4) is 0 Å².